The molecule has 13 heavy (non-hydrogen) atoms. The number of carbonyl (C=O) groups is 1. The summed E-state index contributed by atoms with van der Waals surface area (Å²) in [5.74, 6) is 0.0170. The lowest BCUT2D eigenvalue weighted by Crippen LogP contribution is -2.28. The molecule has 1 aliphatic rings. The van der Waals surface area contributed by atoms with Crippen LogP contribution in [0.15, 0.2) is 18.3 Å². The third-order valence-corrected chi connectivity index (χ3v) is 2.14. The number of rotatable bonds is 2. The van der Waals surface area contributed by atoms with Crippen LogP contribution in [0, 0.1) is 0 Å². The van der Waals surface area contributed by atoms with Crippen molar-refractivity contribution in [2.24, 2.45) is 0 Å². The van der Waals surface area contributed by atoms with Gasteiger partial charge in [-0.15, -0.1) is 0 Å². The number of aliphatic carboxylic acids is 1. The Kier molecular flexibility index (Phi) is 1.88. The van der Waals surface area contributed by atoms with E-state index in [2.05, 4.69) is 4.98 Å². The molecule has 0 spiro atoms. The standard InChI is InChI=1S/C9H10N2O2/c12-8(13)6-11-5-3-7-2-1-4-10-9(7)11/h1-2,4H,3,5-6H2,(H,12,13). The van der Waals surface area contributed by atoms with Gasteiger partial charge in [0.15, 0.2) is 0 Å². The van der Waals surface area contributed by atoms with E-state index in [4.69, 9.17) is 5.11 Å². The van der Waals surface area contributed by atoms with Crippen molar-refractivity contribution in [3.63, 3.8) is 0 Å². The van der Waals surface area contributed by atoms with Gasteiger partial charge in [-0.05, 0) is 18.1 Å². The van der Waals surface area contributed by atoms with Crippen molar-refractivity contribution in [2.45, 2.75) is 6.42 Å². The summed E-state index contributed by atoms with van der Waals surface area (Å²) >= 11 is 0. The molecule has 1 aliphatic heterocycles. The summed E-state index contributed by atoms with van der Waals surface area (Å²) in [6.07, 6.45) is 2.59. The summed E-state index contributed by atoms with van der Waals surface area (Å²) in [5.41, 5.74) is 1.14. The molecule has 0 saturated carbocycles. The second-order valence-corrected chi connectivity index (χ2v) is 3.05. The lowest BCUT2D eigenvalue weighted by atomic mass is 10.2. The number of nitrogens with zero attached hydrogens (tertiary/aromatic N) is 2. The average molecular weight is 178 g/mol. The Morgan fingerprint density at radius 3 is 3.31 bits per heavy atom. The second-order valence-electron chi connectivity index (χ2n) is 3.05. The molecule has 0 aromatic carbocycles. The first kappa shape index (κ1) is 8.04. The Morgan fingerprint density at radius 1 is 1.69 bits per heavy atom. The van der Waals surface area contributed by atoms with Crippen LogP contribution >= 0.6 is 0 Å². The third-order valence-electron chi connectivity index (χ3n) is 2.14. The van der Waals surface area contributed by atoms with Gasteiger partial charge in [0.25, 0.3) is 0 Å². The van der Waals surface area contributed by atoms with E-state index in [9.17, 15) is 4.79 Å². The summed E-state index contributed by atoms with van der Waals surface area (Å²) in [6, 6.07) is 3.87. The molecular formula is C9H10N2O2. The molecular weight excluding hydrogens is 168 g/mol. The van der Waals surface area contributed by atoms with Crippen LogP contribution in [0.4, 0.5) is 5.82 Å². The maximum absolute atomic E-state index is 10.5. The summed E-state index contributed by atoms with van der Waals surface area (Å²) in [4.78, 5) is 16.4. The van der Waals surface area contributed by atoms with Crippen LogP contribution in [0.2, 0.25) is 0 Å². The zero-order chi connectivity index (χ0) is 9.26. The Labute approximate surface area is 75.8 Å². The number of carboxylic acid groups (broad SMARTS) is 1. The van der Waals surface area contributed by atoms with Gasteiger partial charge in [-0.2, -0.15) is 0 Å². The minimum Gasteiger partial charge on any atom is -0.480 e. The van der Waals surface area contributed by atoms with Crippen molar-refractivity contribution in [1.82, 2.24) is 4.98 Å². The van der Waals surface area contributed by atoms with Crippen LogP contribution in [0.5, 0.6) is 0 Å². The van der Waals surface area contributed by atoms with Crippen molar-refractivity contribution in [3.05, 3.63) is 23.9 Å². The van der Waals surface area contributed by atoms with E-state index in [0.29, 0.717) is 0 Å². The normalized spacial score (nSPS) is 14.3. The second kappa shape index (κ2) is 3.05. The molecule has 4 nitrogen and oxygen atoms in total. The number of aromatic nitrogens is 1. The topological polar surface area (TPSA) is 53.4 Å². The van der Waals surface area contributed by atoms with Crippen LogP contribution in [-0.2, 0) is 11.2 Å². The Hall–Kier alpha value is -1.58. The third kappa shape index (κ3) is 1.47. The van der Waals surface area contributed by atoms with Crippen LogP contribution in [0.1, 0.15) is 5.56 Å². The minimum absolute atomic E-state index is 0.0456. The lowest BCUT2D eigenvalue weighted by Gasteiger charge is -2.14. The molecule has 1 N–H and O–H groups in total. The van der Waals surface area contributed by atoms with Crippen molar-refractivity contribution in [3.8, 4) is 0 Å². The molecule has 0 saturated heterocycles. The monoisotopic (exact) mass is 178 g/mol. The molecule has 0 unspecified atom stereocenters. The van der Waals surface area contributed by atoms with E-state index >= 15 is 0 Å². The number of anilines is 1. The van der Waals surface area contributed by atoms with Gasteiger partial charge in [0, 0.05) is 12.7 Å². The van der Waals surface area contributed by atoms with Gasteiger partial charge in [0.1, 0.15) is 12.4 Å². The number of carboxylic acids is 1. The van der Waals surface area contributed by atoms with E-state index < -0.39 is 5.97 Å². The fraction of sp³-hybridized carbons (Fsp3) is 0.333. The van der Waals surface area contributed by atoms with E-state index in [-0.39, 0.29) is 6.54 Å². The average Bonchev–Trinajstić information content (AvgIpc) is 2.48. The number of hydrogen-bond donors (Lipinski definition) is 1. The van der Waals surface area contributed by atoms with Gasteiger partial charge in [0.05, 0.1) is 0 Å². The van der Waals surface area contributed by atoms with Crippen molar-refractivity contribution in [2.75, 3.05) is 18.0 Å². The molecule has 68 valence electrons. The van der Waals surface area contributed by atoms with Gasteiger partial charge in [-0.3, -0.25) is 4.79 Å². The van der Waals surface area contributed by atoms with E-state index in [1.165, 1.54) is 0 Å². The van der Waals surface area contributed by atoms with Crippen LogP contribution in [0.3, 0.4) is 0 Å². The smallest absolute Gasteiger partial charge is 0.323 e. The Balaban J connectivity index is 2.23. The lowest BCUT2D eigenvalue weighted by molar-refractivity contribution is -0.135. The van der Waals surface area contributed by atoms with Crippen molar-refractivity contribution < 1.29 is 9.90 Å². The molecule has 2 heterocycles. The van der Waals surface area contributed by atoms with Crippen LogP contribution < -0.4 is 4.90 Å². The summed E-state index contributed by atoms with van der Waals surface area (Å²) < 4.78 is 0. The molecule has 0 aliphatic carbocycles. The van der Waals surface area contributed by atoms with Crippen LogP contribution in [-0.4, -0.2) is 29.1 Å². The highest BCUT2D eigenvalue weighted by molar-refractivity contribution is 5.74. The fourth-order valence-electron chi connectivity index (χ4n) is 1.59. The number of hydrogen-bond acceptors (Lipinski definition) is 3. The molecule has 1 aromatic rings. The first-order valence-electron chi connectivity index (χ1n) is 4.18. The SMILES string of the molecule is O=C(O)CN1CCc2cccnc21. The maximum atomic E-state index is 10.5. The van der Waals surface area contributed by atoms with Gasteiger partial charge in [-0.1, -0.05) is 6.07 Å². The van der Waals surface area contributed by atoms with E-state index in [1.54, 1.807) is 11.1 Å². The highest BCUT2D eigenvalue weighted by atomic mass is 16.4. The van der Waals surface area contributed by atoms with Gasteiger partial charge in [0.2, 0.25) is 0 Å². The predicted molar refractivity (Wildman–Crippen MR) is 47.8 cm³/mol. The quantitative estimate of drug-likeness (QED) is 0.717. The number of fused-ring (bicyclic) bond motifs is 1. The largest absolute Gasteiger partial charge is 0.480 e. The molecule has 1 aromatic heterocycles. The summed E-state index contributed by atoms with van der Waals surface area (Å²) in [5, 5.41) is 8.63. The zero-order valence-electron chi connectivity index (χ0n) is 7.10. The predicted octanol–water partition coefficient (Wildman–Crippen LogP) is 0.529. The highest BCUT2D eigenvalue weighted by Gasteiger charge is 2.21. The Bertz CT molecular complexity index is 338. The fourth-order valence-corrected chi connectivity index (χ4v) is 1.59. The molecule has 4 heteroatoms. The maximum Gasteiger partial charge on any atom is 0.323 e. The highest BCUT2D eigenvalue weighted by Crippen LogP contribution is 2.23. The Morgan fingerprint density at radius 2 is 2.54 bits per heavy atom. The van der Waals surface area contributed by atoms with Crippen molar-refractivity contribution >= 4 is 11.8 Å². The molecule has 0 bridgehead atoms. The first-order valence-corrected chi connectivity index (χ1v) is 4.18. The van der Waals surface area contributed by atoms with E-state index in [0.717, 1.165) is 24.3 Å². The molecule has 0 fully saturated rings. The molecule has 0 radical (unpaired) electrons. The van der Waals surface area contributed by atoms with Gasteiger partial charge < -0.3 is 10.0 Å². The van der Waals surface area contributed by atoms with Gasteiger partial charge >= 0.3 is 5.97 Å². The molecule has 2 rings (SSSR count). The van der Waals surface area contributed by atoms with Gasteiger partial charge in [-0.25, -0.2) is 4.98 Å². The van der Waals surface area contributed by atoms with Crippen LogP contribution in [0.25, 0.3) is 0 Å². The zero-order valence-corrected chi connectivity index (χ0v) is 7.10. The molecule has 0 atom stereocenters. The summed E-state index contributed by atoms with van der Waals surface area (Å²) in [7, 11) is 0. The van der Waals surface area contributed by atoms with Crippen molar-refractivity contribution in [1.29, 1.82) is 0 Å². The molecule has 0 amide bonds. The summed E-state index contributed by atoms with van der Waals surface area (Å²) in [6.45, 7) is 0.808. The first-order chi connectivity index (χ1) is 6.27. The van der Waals surface area contributed by atoms with E-state index in [1.807, 2.05) is 12.1 Å². The number of pyridine rings is 1. The minimum atomic E-state index is -0.807.